The van der Waals surface area contributed by atoms with Gasteiger partial charge in [-0.25, -0.2) is 4.79 Å². The summed E-state index contributed by atoms with van der Waals surface area (Å²) in [5.41, 5.74) is 0.685. The zero-order chi connectivity index (χ0) is 16.7. The molecule has 6 heteroatoms. The minimum absolute atomic E-state index is 0.0373. The van der Waals surface area contributed by atoms with Crippen LogP contribution in [0.4, 0.5) is 4.79 Å². The van der Waals surface area contributed by atoms with E-state index >= 15 is 0 Å². The number of nitrogens with one attached hydrogen (secondary N) is 1. The summed E-state index contributed by atoms with van der Waals surface area (Å²) in [5, 5.41) is 2.88. The Bertz CT molecular complexity index is 542. The first-order chi connectivity index (χ1) is 11.1. The van der Waals surface area contributed by atoms with Crippen molar-refractivity contribution in [1.82, 2.24) is 10.2 Å². The molecule has 1 aliphatic heterocycles. The van der Waals surface area contributed by atoms with E-state index in [1.54, 1.807) is 0 Å². The third-order valence-corrected chi connectivity index (χ3v) is 4.40. The highest BCUT2D eigenvalue weighted by atomic mass is 79.9. The molecule has 2 amide bonds. The fraction of sp³-hybridized carbons (Fsp3) is 0.529. The van der Waals surface area contributed by atoms with Gasteiger partial charge in [0, 0.05) is 29.2 Å². The number of carbonyl (C=O) groups is 2. The van der Waals surface area contributed by atoms with E-state index in [2.05, 4.69) is 28.2 Å². The number of carbonyl (C=O) groups excluding carboxylic acids is 2. The van der Waals surface area contributed by atoms with E-state index in [1.807, 2.05) is 29.2 Å². The first-order valence-electron chi connectivity index (χ1n) is 8.08. The van der Waals surface area contributed by atoms with Gasteiger partial charge in [-0.3, -0.25) is 4.79 Å². The first-order valence-corrected chi connectivity index (χ1v) is 8.87. The topological polar surface area (TPSA) is 58.6 Å². The number of ether oxygens (including phenoxy) is 1. The van der Waals surface area contributed by atoms with E-state index in [-0.39, 0.29) is 18.0 Å². The van der Waals surface area contributed by atoms with E-state index in [0.29, 0.717) is 25.3 Å². The second kappa shape index (κ2) is 8.91. The molecule has 2 rings (SSSR count). The molecule has 0 aliphatic carbocycles. The maximum atomic E-state index is 12.4. The van der Waals surface area contributed by atoms with E-state index in [0.717, 1.165) is 30.2 Å². The largest absolute Gasteiger partial charge is 0.450 e. The summed E-state index contributed by atoms with van der Waals surface area (Å²) in [5.74, 6) is 0.0373. The Balaban J connectivity index is 1.77. The lowest BCUT2D eigenvalue weighted by atomic mass is 10.0. The Hall–Kier alpha value is -1.56. The number of hydrogen-bond donors (Lipinski definition) is 1. The molecule has 1 N–H and O–H groups in total. The average molecular weight is 383 g/mol. The lowest BCUT2D eigenvalue weighted by Gasteiger charge is -2.32. The van der Waals surface area contributed by atoms with Crippen molar-refractivity contribution in [3.8, 4) is 0 Å². The van der Waals surface area contributed by atoms with Crippen LogP contribution in [0.5, 0.6) is 0 Å². The molecular weight excluding hydrogens is 360 g/mol. The van der Waals surface area contributed by atoms with Crippen LogP contribution in [0.3, 0.4) is 0 Å². The summed E-state index contributed by atoms with van der Waals surface area (Å²) >= 11 is 3.38. The smallest absolute Gasteiger partial charge is 0.407 e. The second-order valence-corrected chi connectivity index (χ2v) is 6.63. The molecule has 1 aromatic rings. The molecule has 0 saturated carbocycles. The van der Waals surface area contributed by atoms with Gasteiger partial charge in [0.05, 0.1) is 6.61 Å². The van der Waals surface area contributed by atoms with Crippen LogP contribution in [-0.2, 0) is 4.74 Å². The number of piperidine rings is 1. The molecule has 0 bridgehead atoms. The number of benzene rings is 1. The summed E-state index contributed by atoms with van der Waals surface area (Å²) in [7, 11) is 0. The van der Waals surface area contributed by atoms with Gasteiger partial charge in [-0.1, -0.05) is 35.3 Å². The zero-order valence-electron chi connectivity index (χ0n) is 13.4. The van der Waals surface area contributed by atoms with Crippen LogP contribution in [0.1, 0.15) is 43.0 Å². The predicted octanol–water partition coefficient (Wildman–Crippen LogP) is 3.58. The normalized spacial score (nSPS) is 15.3. The Morgan fingerprint density at radius 1 is 1.35 bits per heavy atom. The second-order valence-electron chi connectivity index (χ2n) is 5.71. The molecule has 0 aromatic heterocycles. The quantitative estimate of drug-likeness (QED) is 0.791. The Morgan fingerprint density at radius 2 is 2.09 bits per heavy atom. The molecule has 0 unspecified atom stereocenters. The number of halogens is 1. The Morgan fingerprint density at radius 3 is 2.74 bits per heavy atom. The summed E-state index contributed by atoms with van der Waals surface area (Å²) in [6, 6.07) is 7.49. The average Bonchev–Trinajstić information content (AvgIpc) is 2.55. The molecule has 5 nitrogen and oxygen atoms in total. The Kier molecular flexibility index (Phi) is 6.89. The highest BCUT2D eigenvalue weighted by molar-refractivity contribution is 9.10. The predicted molar refractivity (Wildman–Crippen MR) is 92.5 cm³/mol. The lowest BCUT2D eigenvalue weighted by molar-refractivity contribution is 0.0701. The monoisotopic (exact) mass is 382 g/mol. The van der Waals surface area contributed by atoms with Gasteiger partial charge >= 0.3 is 6.09 Å². The van der Waals surface area contributed by atoms with Crippen LogP contribution in [0.25, 0.3) is 0 Å². The maximum absolute atomic E-state index is 12.4. The van der Waals surface area contributed by atoms with Gasteiger partial charge in [0.15, 0.2) is 0 Å². The van der Waals surface area contributed by atoms with Gasteiger partial charge in [0.25, 0.3) is 5.91 Å². The number of likely N-dealkylation sites (tertiary alicyclic amines) is 1. The fourth-order valence-corrected chi connectivity index (χ4v) is 2.95. The van der Waals surface area contributed by atoms with Crippen molar-refractivity contribution in [2.45, 2.75) is 38.6 Å². The van der Waals surface area contributed by atoms with Crippen LogP contribution < -0.4 is 5.32 Å². The van der Waals surface area contributed by atoms with Gasteiger partial charge in [-0.05, 0) is 37.5 Å². The van der Waals surface area contributed by atoms with Crippen LogP contribution in [-0.4, -0.2) is 42.6 Å². The summed E-state index contributed by atoms with van der Waals surface area (Å²) < 4.78 is 6.00. The number of unbranched alkanes of at least 4 members (excludes halogenated alkanes) is 1. The molecular formula is C17H23BrN2O3. The van der Waals surface area contributed by atoms with Gasteiger partial charge < -0.3 is 15.0 Å². The summed E-state index contributed by atoms with van der Waals surface area (Å²) in [6.45, 7) is 3.80. The molecule has 1 aliphatic rings. The molecule has 23 heavy (non-hydrogen) atoms. The molecule has 1 aromatic carbocycles. The van der Waals surface area contributed by atoms with Crippen LogP contribution in [0, 0.1) is 0 Å². The fourth-order valence-electron chi connectivity index (χ4n) is 2.55. The first kappa shape index (κ1) is 17.8. The number of rotatable bonds is 5. The van der Waals surface area contributed by atoms with Crippen LogP contribution >= 0.6 is 15.9 Å². The number of amides is 2. The maximum Gasteiger partial charge on any atom is 0.407 e. The van der Waals surface area contributed by atoms with Crippen molar-refractivity contribution in [2.75, 3.05) is 19.7 Å². The number of hydrogen-bond acceptors (Lipinski definition) is 3. The van der Waals surface area contributed by atoms with Crippen molar-refractivity contribution in [3.05, 3.63) is 34.3 Å². The lowest BCUT2D eigenvalue weighted by Crippen LogP contribution is -2.46. The standard InChI is InChI=1S/C17H23BrN2O3/c1-2-3-11-23-17(22)19-15-7-9-20(10-8-15)16(21)13-5-4-6-14(18)12-13/h4-6,12,15H,2-3,7-11H2,1H3,(H,19,22). The minimum atomic E-state index is -0.352. The summed E-state index contributed by atoms with van der Waals surface area (Å²) in [4.78, 5) is 25.9. The highest BCUT2D eigenvalue weighted by Gasteiger charge is 2.24. The van der Waals surface area contributed by atoms with E-state index in [1.165, 1.54) is 0 Å². The van der Waals surface area contributed by atoms with E-state index < -0.39 is 0 Å². The molecule has 1 saturated heterocycles. The minimum Gasteiger partial charge on any atom is -0.450 e. The van der Waals surface area contributed by atoms with Crippen molar-refractivity contribution in [1.29, 1.82) is 0 Å². The zero-order valence-corrected chi connectivity index (χ0v) is 15.0. The van der Waals surface area contributed by atoms with Gasteiger partial charge in [0.1, 0.15) is 0 Å². The van der Waals surface area contributed by atoms with Gasteiger partial charge in [0.2, 0.25) is 0 Å². The molecule has 1 heterocycles. The van der Waals surface area contributed by atoms with Crippen molar-refractivity contribution in [3.63, 3.8) is 0 Å². The number of alkyl carbamates (subject to hydrolysis) is 1. The van der Waals surface area contributed by atoms with E-state index in [4.69, 9.17) is 4.74 Å². The van der Waals surface area contributed by atoms with Crippen LogP contribution in [0.15, 0.2) is 28.7 Å². The van der Waals surface area contributed by atoms with Crippen LogP contribution in [0.2, 0.25) is 0 Å². The van der Waals surface area contributed by atoms with E-state index in [9.17, 15) is 9.59 Å². The molecule has 0 atom stereocenters. The number of nitrogens with zero attached hydrogens (tertiary/aromatic N) is 1. The van der Waals surface area contributed by atoms with Crippen molar-refractivity contribution < 1.29 is 14.3 Å². The third-order valence-electron chi connectivity index (χ3n) is 3.91. The highest BCUT2D eigenvalue weighted by Crippen LogP contribution is 2.17. The van der Waals surface area contributed by atoms with Crippen molar-refractivity contribution in [2.24, 2.45) is 0 Å². The molecule has 126 valence electrons. The van der Waals surface area contributed by atoms with Gasteiger partial charge in [-0.2, -0.15) is 0 Å². The third kappa shape index (κ3) is 5.53. The SMILES string of the molecule is CCCCOC(=O)NC1CCN(C(=O)c2cccc(Br)c2)CC1. The molecule has 1 fully saturated rings. The molecule has 0 spiro atoms. The molecule has 0 radical (unpaired) electrons. The Labute approximate surface area is 145 Å². The van der Waals surface area contributed by atoms with Crippen molar-refractivity contribution >= 4 is 27.9 Å². The summed E-state index contributed by atoms with van der Waals surface area (Å²) in [6.07, 6.45) is 3.04. The van der Waals surface area contributed by atoms with Gasteiger partial charge in [-0.15, -0.1) is 0 Å².